The van der Waals surface area contributed by atoms with Crippen LogP contribution in [0.4, 0.5) is 18.9 Å². The van der Waals surface area contributed by atoms with Crippen molar-refractivity contribution < 1.29 is 18.3 Å². The SMILES string of the molecule is OC(CNc1ccc(Cl)cc1C(F)(F)F)c1cccs1. The fourth-order valence-corrected chi connectivity index (χ4v) is 2.58. The number of nitrogens with one attached hydrogen (secondary N) is 1. The third-order valence-corrected chi connectivity index (χ3v) is 3.85. The molecule has 1 aromatic carbocycles. The first-order chi connectivity index (χ1) is 9.38. The number of thiophene rings is 1. The molecule has 108 valence electrons. The van der Waals surface area contributed by atoms with Gasteiger partial charge in [-0.1, -0.05) is 17.7 Å². The zero-order valence-corrected chi connectivity index (χ0v) is 11.7. The molecule has 1 aromatic heterocycles. The van der Waals surface area contributed by atoms with Gasteiger partial charge in [0, 0.05) is 22.1 Å². The van der Waals surface area contributed by atoms with Crippen LogP contribution in [0, 0.1) is 0 Å². The number of aliphatic hydroxyl groups excluding tert-OH is 1. The van der Waals surface area contributed by atoms with E-state index in [0.29, 0.717) is 4.88 Å². The summed E-state index contributed by atoms with van der Waals surface area (Å²) in [7, 11) is 0. The standard InChI is InChI=1S/C13H11ClF3NOS/c14-8-3-4-10(9(6-8)13(15,16)17)18-7-11(19)12-2-1-5-20-12/h1-6,11,18-19H,7H2. The molecule has 0 aliphatic carbocycles. The third-order valence-electron chi connectivity index (χ3n) is 2.64. The minimum atomic E-state index is -4.50. The third kappa shape index (κ3) is 3.65. The van der Waals surface area contributed by atoms with E-state index in [1.54, 1.807) is 17.5 Å². The molecule has 0 radical (unpaired) electrons. The van der Waals surface area contributed by atoms with Crippen LogP contribution in [0.2, 0.25) is 5.02 Å². The predicted molar refractivity (Wildman–Crippen MR) is 74.2 cm³/mol. The zero-order valence-electron chi connectivity index (χ0n) is 10.1. The van der Waals surface area contributed by atoms with E-state index in [0.717, 1.165) is 6.07 Å². The number of halogens is 4. The van der Waals surface area contributed by atoms with Gasteiger partial charge in [-0.3, -0.25) is 0 Å². The smallest absolute Gasteiger partial charge is 0.386 e. The summed E-state index contributed by atoms with van der Waals surface area (Å²) < 4.78 is 38.6. The molecule has 0 amide bonds. The van der Waals surface area contributed by atoms with Crippen LogP contribution in [0.15, 0.2) is 35.7 Å². The Labute approximate surface area is 122 Å². The molecule has 2 N–H and O–H groups in total. The molecular weight excluding hydrogens is 311 g/mol. The van der Waals surface area contributed by atoms with Crippen molar-refractivity contribution in [3.8, 4) is 0 Å². The Morgan fingerprint density at radius 1 is 1.30 bits per heavy atom. The summed E-state index contributed by atoms with van der Waals surface area (Å²) in [6, 6.07) is 6.99. The first kappa shape index (κ1) is 15.2. The molecule has 0 spiro atoms. The fraction of sp³-hybridized carbons (Fsp3) is 0.231. The lowest BCUT2D eigenvalue weighted by atomic mass is 10.1. The van der Waals surface area contributed by atoms with E-state index < -0.39 is 17.8 Å². The summed E-state index contributed by atoms with van der Waals surface area (Å²) in [5, 5.41) is 14.3. The first-order valence-corrected chi connectivity index (χ1v) is 6.96. The quantitative estimate of drug-likeness (QED) is 0.865. The lowest BCUT2D eigenvalue weighted by molar-refractivity contribution is -0.137. The van der Waals surface area contributed by atoms with Gasteiger partial charge in [-0.15, -0.1) is 11.3 Å². The van der Waals surface area contributed by atoms with Gasteiger partial charge in [-0.05, 0) is 29.6 Å². The van der Waals surface area contributed by atoms with Crippen LogP contribution in [0.5, 0.6) is 0 Å². The second-order valence-corrected chi connectivity index (χ2v) is 5.52. The second kappa shape index (κ2) is 6.03. The number of benzene rings is 1. The van der Waals surface area contributed by atoms with Crippen LogP contribution in [0.25, 0.3) is 0 Å². The highest BCUT2D eigenvalue weighted by Gasteiger charge is 2.33. The average molecular weight is 322 g/mol. The van der Waals surface area contributed by atoms with Gasteiger partial charge in [-0.25, -0.2) is 0 Å². The molecule has 0 fully saturated rings. The van der Waals surface area contributed by atoms with Gasteiger partial charge in [-0.2, -0.15) is 13.2 Å². The van der Waals surface area contributed by atoms with E-state index in [-0.39, 0.29) is 17.3 Å². The van der Waals surface area contributed by atoms with Crippen molar-refractivity contribution in [3.05, 3.63) is 51.2 Å². The van der Waals surface area contributed by atoms with Crippen LogP contribution in [-0.2, 0) is 6.18 Å². The van der Waals surface area contributed by atoms with Gasteiger partial charge in [0.05, 0.1) is 5.56 Å². The molecule has 1 atom stereocenters. The lowest BCUT2D eigenvalue weighted by Crippen LogP contribution is -2.15. The van der Waals surface area contributed by atoms with Crippen molar-refractivity contribution in [2.75, 3.05) is 11.9 Å². The molecule has 0 bridgehead atoms. The van der Waals surface area contributed by atoms with E-state index in [4.69, 9.17) is 11.6 Å². The summed E-state index contributed by atoms with van der Waals surface area (Å²) in [6.07, 6.45) is -5.35. The van der Waals surface area contributed by atoms with E-state index in [2.05, 4.69) is 5.32 Å². The number of hydrogen-bond acceptors (Lipinski definition) is 3. The van der Waals surface area contributed by atoms with Gasteiger partial charge in [0.15, 0.2) is 0 Å². The van der Waals surface area contributed by atoms with Crippen LogP contribution in [-0.4, -0.2) is 11.7 Å². The van der Waals surface area contributed by atoms with Crippen LogP contribution < -0.4 is 5.32 Å². The maximum absolute atomic E-state index is 12.9. The minimum Gasteiger partial charge on any atom is -0.386 e. The molecule has 0 saturated carbocycles. The number of aliphatic hydroxyl groups is 1. The van der Waals surface area contributed by atoms with E-state index >= 15 is 0 Å². The van der Waals surface area contributed by atoms with Crippen molar-refractivity contribution >= 4 is 28.6 Å². The largest absolute Gasteiger partial charge is 0.418 e. The normalized spacial score (nSPS) is 13.2. The van der Waals surface area contributed by atoms with Gasteiger partial charge in [0.2, 0.25) is 0 Å². The van der Waals surface area contributed by atoms with Crippen molar-refractivity contribution in [1.82, 2.24) is 0 Å². The molecule has 2 rings (SSSR count). The first-order valence-electron chi connectivity index (χ1n) is 5.70. The summed E-state index contributed by atoms with van der Waals surface area (Å²) >= 11 is 6.94. The van der Waals surface area contributed by atoms with Gasteiger partial charge in [0.25, 0.3) is 0 Å². The monoisotopic (exact) mass is 321 g/mol. The molecule has 20 heavy (non-hydrogen) atoms. The van der Waals surface area contributed by atoms with Gasteiger partial charge in [0.1, 0.15) is 6.10 Å². The van der Waals surface area contributed by atoms with E-state index in [1.807, 2.05) is 0 Å². The summed E-state index contributed by atoms with van der Waals surface area (Å²) in [6.45, 7) is -0.00870. The van der Waals surface area contributed by atoms with Crippen molar-refractivity contribution in [3.63, 3.8) is 0 Å². The molecular formula is C13H11ClF3NOS. The highest BCUT2D eigenvalue weighted by atomic mass is 35.5. The summed E-state index contributed by atoms with van der Waals surface area (Å²) in [5.41, 5.74) is -0.944. The Morgan fingerprint density at radius 2 is 2.05 bits per heavy atom. The summed E-state index contributed by atoms with van der Waals surface area (Å²) in [4.78, 5) is 0.694. The highest BCUT2D eigenvalue weighted by molar-refractivity contribution is 7.10. The van der Waals surface area contributed by atoms with E-state index in [9.17, 15) is 18.3 Å². The maximum Gasteiger partial charge on any atom is 0.418 e. The van der Waals surface area contributed by atoms with Gasteiger partial charge < -0.3 is 10.4 Å². The molecule has 0 aliphatic rings. The van der Waals surface area contributed by atoms with Gasteiger partial charge >= 0.3 is 6.18 Å². The van der Waals surface area contributed by atoms with Crippen LogP contribution >= 0.6 is 22.9 Å². The van der Waals surface area contributed by atoms with E-state index in [1.165, 1.54) is 23.5 Å². The minimum absolute atomic E-state index is 0.00870. The topological polar surface area (TPSA) is 32.3 Å². The van der Waals surface area contributed by atoms with Crippen LogP contribution in [0.1, 0.15) is 16.5 Å². The summed E-state index contributed by atoms with van der Waals surface area (Å²) in [5.74, 6) is 0. The Morgan fingerprint density at radius 3 is 2.65 bits per heavy atom. The Bertz CT molecular complexity index is 571. The van der Waals surface area contributed by atoms with Crippen molar-refractivity contribution in [1.29, 1.82) is 0 Å². The molecule has 2 aromatic rings. The predicted octanol–water partition coefficient (Wildman–Crippen LogP) is 4.57. The molecule has 1 unspecified atom stereocenters. The number of alkyl halides is 3. The Kier molecular flexibility index (Phi) is 4.57. The maximum atomic E-state index is 12.9. The second-order valence-electron chi connectivity index (χ2n) is 4.10. The fourth-order valence-electron chi connectivity index (χ4n) is 1.69. The highest BCUT2D eigenvalue weighted by Crippen LogP contribution is 2.36. The number of rotatable bonds is 4. The molecule has 1 heterocycles. The Balaban J connectivity index is 2.13. The average Bonchev–Trinajstić information content (AvgIpc) is 2.89. The van der Waals surface area contributed by atoms with Crippen molar-refractivity contribution in [2.45, 2.75) is 12.3 Å². The van der Waals surface area contributed by atoms with Crippen molar-refractivity contribution in [2.24, 2.45) is 0 Å². The number of hydrogen-bond donors (Lipinski definition) is 2. The zero-order chi connectivity index (χ0) is 14.8. The lowest BCUT2D eigenvalue weighted by Gasteiger charge is -2.16. The number of anilines is 1. The molecule has 2 nitrogen and oxygen atoms in total. The molecule has 7 heteroatoms. The van der Waals surface area contributed by atoms with Crippen LogP contribution in [0.3, 0.4) is 0 Å². The Hall–Kier alpha value is -1.24. The molecule has 0 aliphatic heterocycles. The molecule has 0 saturated heterocycles.